The molecule has 0 atom stereocenters. The fraction of sp³-hybridized carbons (Fsp3) is 0.182. The quantitative estimate of drug-likeness (QED) is 0.330. The van der Waals surface area contributed by atoms with Gasteiger partial charge in [-0.3, -0.25) is 0 Å². The smallest absolute Gasteiger partial charge is 0.545 e. The Hall–Kier alpha value is -1.37. The Kier molecular flexibility index (Phi) is 25.5. The third kappa shape index (κ3) is 36.5. The van der Waals surface area contributed by atoms with Crippen molar-refractivity contribution in [2.75, 3.05) is 7.11 Å². The van der Waals surface area contributed by atoms with Gasteiger partial charge >= 0.3 is 41.5 Å². The van der Waals surface area contributed by atoms with Gasteiger partial charge in [-0.2, -0.15) is 0 Å². The van der Waals surface area contributed by atoms with E-state index in [1.165, 1.54) is 7.11 Å². The van der Waals surface area contributed by atoms with E-state index >= 15 is 0 Å². The maximum absolute atomic E-state index is 10.2. The van der Waals surface area contributed by atoms with Crippen LogP contribution in [0.3, 0.4) is 0 Å². The summed E-state index contributed by atoms with van der Waals surface area (Å²) < 4.78 is 4.27. The number of carbonyl (C=O) groups is 3. The fourth-order valence-electron chi connectivity index (χ4n) is 0.174. The zero-order chi connectivity index (χ0) is 14.4. The molecule has 0 saturated carbocycles. The Balaban J connectivity index is -0.0000000813. The minimum Gasteiger partial charge on any atom is -0.545 e. The molecule has 18 heavy (non-hydrogen) atoms. The zero-order valence-corrected chi connectivity index (χ0v) is 12.8. The first-order chi connectivity index (χ1) is 7.72. The van der Waals surface area contributed by atoms with Gasteiger partial charge in [-0.05, 0) is 13.0 Å². The molecule has 0 bridgehead atoms. The van der Waals surface area contributed by atoms with E-state index in [1.54, 1.807) is 6.92 Å². The molecule has 0 spiro atoms. The second-order valence-electron chi connectivity index (χ2n) is 2.34. The Morgan fingerprint density at radius 2 is 1.50 bits per heavy atom. The van der Waals surface area contributed by atoms with Crippen molar-refractivity contribution in [3.63, 3.8) is 0 Å². The maximum Gasteiger partial charge on any atom is 1.00 e. The second kappa shape index (κ2) is 18.0. The molecule has 0 aromatic heterocycles. The first-order valence-corrected chi connectivity index (χ1v) is 4.15. The Bertz CT molecular complexity index is 291. The van der Waals surface area contributed by atoms with E-state index in [9.17, 15) is 9.59 Å². The monoisotopic (exact) mass is 266 g/mol. The molecule has 0 saturated heterocycles. The summed E-state index contributed by atoms with van der Waals surface area (Å²) in [6, 6.07) is 0. The fourth-order valence-corrected chi connectivity index (χ4v) is 0.174. The van der Waals surface area contributed by atoms with Crippen molar-refractivity contribution in [2.45, 2.75) is 6.92 Å². The van der Waals surface area contributed by atoms with Crippen molar-refractivity contribution in [3.05, 3.63) is 37.5 Å². The summed E-state index contributed by atoms with van der Waals surface area (Å²) in [7, 11) is 1.33. The van der Waals surface area contributed by atoms with Gasteiger partial charge in [0.25, 0.3) is 0 Å². The van der Waals surface area contributed by atoms with Gasteiger partial charge in [0.2, 0.25) is 0 Å². The minimum atomic E-state index is -1.23. The molecule has 0 radical (unpaired) electrons. The van der Waals surface area contributed by atoms with Gasteiger partial charge in [-0.15, -0.1) is 0 Å². The zero-order valence-electron chi connectivity index (χ0n) is 10.8. The van der Waals surface area contributed by atoms with E-state index in [0.29, 0.717) is 5.57 Å². The number of esters is 1. The van der Waals surface area contributed by atoms with Gasteiger partial charge in [-0.1, -0.05) is 19.7 Å². The van der Waals surface area contributed by atoms with Gasteiger partial charge in [-0.25, -0.2) is 9.59 Å². The van der Waals surface area contributed by atoms with E-state index in [0.717, 1.165) is 12.2 Å². The number of ether oxygens (including phenoxy) is 1. The van der Waals surface area contributed by atoms with Crippen LogP contribution in [0.4, 0.5) is 0 Å². The van der Waals surface area contributed by atoms with Crippen LogP contribution in [0.1, 0.15) is 6.92 Å². The number of carbonyl (C=O) groups excluding carboxylic acids is 2. The van der Waals surface area contributed by atoms with Crippen molar-refractivity contribution in [3.8, 4) is 0 Å². The molecule has 0 aromatic carbocycles. The molecule has 0 aliphatic heterocycles. The summed E-state index contributed by atoms with van der Waals surface area (Å²) in [4.78, 5) is 28.6. The molecule has 0 fully saturated rings. The molecule has 1 N–H and O–H groups in total. The second-order valence-corrected chi connectivity index (χ2v) is 2.34. The number of aliphatic carboxylic acids is 2. The molecule has 0 heterocycles. The van der Waals surface area contributed by atoms with Crippen LogP contribution in [0.15, 0.2) is 37.5 Å². The van der Waals surface area contributed by atoms with Crippen LogP contribution < -0.4 is 34.7 Å². The molecule has 0 aliphatic rings. The standard InChI is InChI=1S/C5H8O2.2C3H4O2.Na/c1-4(2)5(6)7-3;2*1-2-3(4)5;/h1H2,2-3H3;2*2H,1H2,(H,4,5);/q;;;+1/p-1. The summed E-state index contributed by atoms with van der Waals surface area (Å²) in [5, 5.41) is 16.7. The normalized spacial score (nSPS) is 6.56. The van der Waals surface area contributed by atoms with Crippen molar-refractivity contribution in [1.82, 2.24) is 0 Å². The molecule has 0 rings (SSSR count). The topological polar surface area (TPSA) is 104 Å². The first-order valence-electron chi connectivity index (χ1n) is 4.15. The summed E-state index contributed by atoms with van der Waals surface area (Å²) in [6.07, 6.45) is 1.56. The number of carboxylic acid groups (broad SMARTS) is 2. The van der Waals surface area contributed by atoms with Gasteiger partial charge in [0.15, 0.2) is 0 Å². The molecule has 7 heteroatoms. The average molecular weight is 266 g/mol. The van der Waals surface area contributed by atoms with Crippen LogP contribution >= 0.6 is 0 Å². The SMILES string of the molecule is C=C(C)C(=O)OC.C=CC(=O)O.C=CC(=O)[O-].[Na+]. The molecular formula is C11H15NaO6. The predicted octanol–water partition coefficient (Wildman–Crippen LogP) is -3.08. The van der Waals surface area contributed by atoms with Gasteiger partial charge < -0.3 is 19.7 Å². The van der Waals surface area contributed by atoms with Crippen molar-refractivity contribution >= 4 is 17.9 Å². The predicted molar refractivity (Wildman–Crippen MR) is 59.9 cm³/mol. The van der Waals surface area contributed by atoms with E-state index in [-0.39, 0.29) is 35.5 Å². The Morgan fingerprint density at radius 1 is 1.22 bits per heavy atom. The van der Waals surface area contributed by atoms with Gasteiger partial charge in [0.05, 0.1) is 13.1 Å². The van der Waals surface area contributed by atoms with Gasteiger partial charge in [0, 0.05) is 11.6 Å². The molecular weight excluding hydrogens is 251 g/mol. The van der Waals surface area contributed by atoms with Gasteiger partial charge in [0.1, 0.15) is 0 Å². The number of hydrogen-bond acceptors (Lipinski definition) is 5. The summed E-state index contributed by atoms with van der Waals surface area (Å²) in [6.45, 7) is 10.8. The van der Waals surface area contributed by atoms with Crippen LogP contribution in [-0.4, -0.2) is 30.1 Å². The molecule has 0 aromatic rings. The third-order valence-electron chi connectivity index (χ3n) is 0.875. The number of hydrogen-bond donors (Lipinski definition) is 1. The molecule has 96 valence electrons. The molecule has 0 aliphatic carbocycles. The molecule has 0 unspecified atom stereocenters. The van der Waals surface area contributed by atoms with Crippen LogP contribution in [0.2, 0.25) is 0 Å². The molecule has 6 nitrogen and oxygen atoms in total. The number of carboxylic acids is 2. The first kappa shape index (κ1) is 25.5. The molecule has 0 amide bonds. The summed E-state index contributed by atoms with van der Waals surface area (Å²) in [5.41, 5.74) is 0.433. The van der Waals surface area contributed by atoms with E-state index in [2.05, 4.69) is 24.5 Å². The Labute approximate surface area is 128 Å². The van der Waals surface area contributed by atoms with Crippen LogP contribution in [0.5, 0.6) is 0 Å². The largest absolute Gasteiger partial charge is 1.00 e. The van der Waals surface area contributed by atoms with Crippen molar-refractivity contribution < 1.29 is 58.9 Å². The van der Waals surface area contributed by atoms with Crippen LogP contribution in [0.25, 0.3) is 0 Å². The minimum absolute atomic E-state index is 0. The van der Waals surface area contributed by atoms with E-state index < -0.39 is 11.9 Å². The number of rotatable bonds is 3. The van der Waals surface area contributed by atoms with Crippen molar-refractivity contribution in [1.29, 1.82) is 0 Å². The Morgan fingerprint density at radius 3 is 1.50 bits per heavy atom. The number of methoxy groups -OCH3 is 1. The van der Waals surface area contributed by atoms with E-state index in [1.807, 2.05) is 0 Å². The van der Waals surface area contributed by atoms with Crippen molar-refractivity contribution in [2.24, 2.45) is 0 Å². The van der Waals surface area contributed by atoms with Crippen LogP contribution in [-0.2, 0) is 19.1 Å². The summed E-state index contributed by atoms with van der Waals surface area (Å²) in [5.74, 6) is -2.56. The van der Waals surface area contributed by atoms with E-state index in [4.69, 9.17) is 15.0 Å². The summed E-state index contributed by atoms with van der Waals surface area (Å²) >= 11 is 0. The van der Waals surface area contributed by atoms with Crippen LogP contribution in [0, 0.1) is 0 Å². The third-order valence-corrected chi connectivity index (χ3v) is 0.875. The maximum atomic E-state index is 10.2. The average Bonchev–Trinajstić information content (AvgIpc) is 2.29.